The van der Waals surface area contributed by atoms with Crippen molar-refractivity contribution in [2.24, 2.45) is 0 Å². The van der Waals surface area contributed by atoms with E-state index in [4.69, 9.17) is 0 Å². The first-order valence-electron chi connectivity index (χ1n) is 4.49. The van der Waals surface area contributed by atoms with Gasteiger partial charge in [-0.2, -0.15) is 0 Å². The fraction of sp³-hybridized carbons (Fsp3) is 0.0769. The Balaban J connectivity index is 0.000000980. The molecule has 70 valence electrons. The molecular weight excluding hydrogens is 203 g/mol. The minimum absolute atomic E-state index is 0. The topological polar surface area (TPSA) is 0 Å². The van der Waals surface area contributed by atoms with Crippen LogP contribution >= 0.6 is 0 Å². The number of hydrogen-bond donors (Lipinski definition) is 0. The zero-order valence-corrected chi connectivity index (χ0v) is 7.53. The second kappa shape index (κ2) is 7.47. The molecule has 2 heteroatoms. The fourth-order valence-electron chi connectivity index (χ4n) is 1.63. The Hall–Kier alpha value is 0.206. The van der Waals surface area contributed by atoms with Crippen LogP contribution in [0.1, 0.15) is 5.56 Å². The number of benzene rings is 2. The molecule has 0 bridgehead atoms. The molecule has 0 nitrogen and oxygen atoms in total. The first-order chi connectivity index (χ1) is 6.42. The van der Waals surface area contributed by atoms with Gasteiger partial charge in [-0.25, -0.2) is 0 Å². The van der Waals surface area contributed by atoms with E-state index < -0.39 is 0 Å². The van der Waals surface area contributed by atoms with Crippen LogP contribution in [-0.2, 0) is 6.42 Å². The van der Waals surface area contributed by atoms with Crippen molar-refractivity contribution in [3.63, 3.8) is 0 Å². The first kappa shape index (κ1) is 15.2. The molecule has 0 aliphatic carbocycles. The van der Waals surface area contributed by atoms with E-state index in [9.17, 15) is 0 Å². The van der Waals surface area contributed by atoms with Crippen molar-refractivity contribution >= 4 is 63.4 Å². The fourth-order valence-corrected chi connectivity index (χ4v) is 1.63. The summed E-state index contributed by atoms with van der Waals surface area (Å²) in [4.78, 5) is 0. The van der Waals surface area contributed by atoms with Crippen LogP contribution in [0.4, 0.5) is 0 Å². The molecule has 2 aromatic rings. The third-order valence-electron chi connectivity index (χ3n) is 2.24. The van der Waals surface area contributed by atoms with E-state index in [0.29, 0.717) is 0 Å². The molecule has 0 atom stereocenters. The van der Waals surface area contributed by atoms with E-state index in [1.165, 1.54) is 16.3 Å². The summed E-state index contributed by atoms with van der Waals surface area (Å²) in [6, 6.07) is 14.8. The first-order valence-corrected chi connectivity index (χ1v) is 4.49. The van der Waals surface area contributed by atoms with E-state index in [2.05, 4.69) is 49.0 Å². The molecule has 0 N–H and O–H groups in total. The molecule has 0 aliphatic rings. The van der Waals surface area contributed by atoms with Gasteiger partial charge in [0.25, 0.3) is 0 Å². The minimum atomic E-state index is 0. The van der Waals surface area contributed by atoms with E-state index >= 15 is 0 Å². The molecule has 0 unspecified atom stereocenters. The molecule has 0 heterocycles. The van der Waals surface area contributed by atoms with Gasteiger partial charge in [-0.05, 0) is 22.8 Å². The maximum atomic E-state index is 3.76. The molecule has 2 rings (SSSR count). The quantitative estimate of drug-likeness (QED) is 0.534. The second-order valence-corrected chi connectivity index (χ2v) is 3.13. The van der Waals surface area contributed by atoms with Gasteiger partial charge < -0.3 is 0 Å². The van der Waals surface area contributed by atoms with Gasteiger partial charge in [-0.15, -0.1) is 6.58 Å². The van der Waals surface area contributed by atoms with Crippen LogP contribution in [0.5, 0.6) is 0 Å². The van der Waals surface area contributed by atoms with E-state index in [1.54, 1.807) is 0 Å². The predicted molar refractivity (Wildman–Crippen MR) is 73.5 cm³/mol. The number of rotatable bonds is 2. The molecule has 0 amide bonds. The van der Waals surface area contributed by atoms with E-state index in [0.717, 1.165) is 6.42 Å². The van der Waals surface area contributed by atoms with Crippen LogP contribution in [0.2, 0.25) is 0 Å². The normalized spacial score (nSPS) is 8.80. The summed E-state index contributed by atoms with van der Waals surface area (Å²) in [5.74, 6) is 0. The monoisotopic (exact) mass is 218 g/mol. The third kappa shape index (κ3) is 3.61. The Morgan fingerprint density at radius 2 is 1.67 bits per heavy atom. The van der Waals surface area contributed by atoms with Gasteiger partial charge in [0, 0.05) is 0 Å². The summed E-state index contributed by atoms with van der Waals surface area (Å²) in [6.07, 6.45) is 2.89. The summed E-state index contributed by atoms with van der Waals surface area (Å²) in [5, 5.41) is 2.65. The average molecular weight is 219 g/mol. The van der Waals surface area contributed by atoms with Gasteiger partial charge in [-0.3, -0.25) is 0 Å². The van der Waals surface area contributed by atoms with E-state index in [1.807, 2.05) is 6.08 Å². The Morgan fingerprint density at radius 3 is 2.40 bits per heavy atom. The van der Waals surface area contributed by atoms with Gasteiger partial charge in [0.2, 0.25) is 0 Å². The average Bonchev–Trinajstić information content (AvgIpc) is 2.19. The predicted octanol–water partition coefficient (Wildman–Crippen LogP) is 2.00. The molecule has 0 saturated carbocycles. The zero-order chi connectivity index (χ0) is 9.10. The van der Waals surface area contributed by atoms with Gasteiger partial charge in [0.05, 0.1) is 0 Å². The Morgan fingerprint density at radius 1 is 1.00 bits per heavy atom. The molecule has 2 aromatic carbocycles. The van der Waals surface area contributed by atoms with Crippen LogP contribution in [0.3, 0.4) is 0 Å². The van der Waals surface area contributed by atoms with Gasteiger partial charge in [0.1, 0.15) is 0 Å². The molecule has 0 radical (unpaired) electrons. The number of allylic oxidation sites excluding steroid dienone is 1. The summed E-state index contributed by atoms with van der Waals surface area (Å²) >= 11 is 0. The van der Waals surface area contributed by atoms with Gasteiger partial charge in [-0.1, -0.05) is 48.5 Å². The number of fused-ring (bicyclic) bond motifs is 1. The van der Waals surface area contributed by atoms with Crippen LogP contribution in [0.15, 0.2) is 55.1 Å². The number of hydrogen-bond acceptors (Lipinski definition) is 0. The summed E-state index contributed by atoms with van der Waals surface area (Å²) in [7, 11) is 0. The molecule has 0 fully saturated rings. The van der Waals surface area contributed by atoms with Gasteiger partial charge in [0.15, 0.2) is 0 Å². The summed E-state index contributed by atoms with van der Waals surface area (Å²) < 4.78 is 0. The second-order valence-electron chi connectivity index (χ2n) is 3.13. The molecule has 0 saturated heterocycles. The standard InChI is InChI=1S/C13H12.Mg.Na.3H/c1-2-6-11-8-5-9-12-7-3-4-10-13(11)12;;;;;/h2-5,7-10H,1,6H2;;;;;. The zero-order valence-electron chi connectivity index (χ0n) is 7.53. The molecule has 15 heavy (non-hydrogen) atoms. The molecule has 0 aliphatic heterocycles. The van der Waals surface area contributed by atoms with Crippen molar-refractivity contribution in [1.82, 2.24) is 0 Å². The van der Waals surface area contributed by atoms with Gasteiger partial charge >= 0.3 is 52.6 Å². The van der Waals surface area contributed by atoms with Crippen molar-refractivity contribution in [1.29, 1.82) is 0 Å². The van der Waals surface area contributed by atoms with Crippen molar-refractivity contribution in [2.45, 2.75) is 6.42 Å². The van der Waals surface area contributed by atoms with Crippen molar-refractivity contribution in [3.05, 3.63) is 60.7 Å². The van der Waals surface area contributed by atoms with Crippen molar-refractivity contribution < 1.29 is 0 Å². The molecule has 0 aromatic heterocycles. The van der Waals surface area contributed by atoms with Crippen LogP contribution < -0.4 is 0 Å². The van der Waals surface area contributed by atoms with Crippen LogP contribution in [0.25, 0.3) is 10.8 Å². The molecular formula is C13H15MgNa. The Labute approximate surface area is 129 Å². The summed E-state index contributed by atoms with van der Waals surface area (Å²) in [6.45, 7) is 3.76. The SMILES string of the molecule is C=CCc1cccc2ccccc12.[MgH2].[NaH]. The molecule has 0 spiro atoms. The van der Waals surface area contributed by atoms with Crippen LogP contribution in [0, 0.1) is 0 Å². The van der Waals surface area contributed by atoms with Crippen LogP contribution in [-0.4, -0.2) is 52.6 Å². The van der Waals surface area contributed by atoms with E-state index in [-0.39, 0.29) is 52.6 Å². The van der Waals surface area contributed by atoms with Crippen molar-refractivity contribution in [2.75, 3.05) is 0 Å². The summed E-state index contributed by atoms with van der Waals surface area (Å²) in [5.41, 5.74) is 1.35. The Kier molecular flexibility index (Phi) is 7.58. The third-order valence-corrected chi connectivity index (χ3v) is 2.24. The van der Waals surface area contributed by atoms with Crippen molar-refractivity contribution in [3.8, 4) is 0 Å². The Bertz CT molecular complexity index is 432. The maximum absolute atomic E-state index is 3.76.